The van der Waals surface area contributed by atoms with Gasteiger partial charge in [-0.3, -0.25) is 0 Å². The quantitative estimate of drug-likeness (QED) is 0.210. The van der Waals surface area contributed by atoms with Gasteiger partial charge in [-0.05, 0) is 50.6 Å². The lowest BCUT2D eigenvalue weighted by atomic mass is 9.53. The van der Waals surface area contributed by atoms with E-state index < -0.39 is 0 Å². The van der Waals surface area contributed by atoms with E-state index in [1.807, 2.05) is 0 Å². The first kappa shape index (κ1) is 17.5. The maximum atomic E-state index is 4.42. The first-order valence-electron chi connectivity index (χ1n) is 10.5. The van der Waals surface area contributed by atoms with Crippen molar-refractivity contribution in [3.63, 3.8) is 0 Å². The zero-order chi connectivity index (χ0) is 20.0. The van der Waals surface area contributed by atoms with Crippen molar-refractivity contribution in [2.75, 3.05) is 0 Å². The molecule has 0 aliphatic heterocycles. The third-order valence-electron chi connectivity index (χ3n) is 7.46. The second-order valence-corrected chi connectivity index (χ2v) is 10.8. The van der Waals surface area contributed by atoms with Gasteiger partial charge in [-0.15, -0.1) is 0 Å². The fourth-order valence-corrected chi connectivity index (χ4v) is 8.28. The Morgan fingerprint density at radius 2 is 1.07 bits per heavy atom. The van der Waals surface area contributed by atoms with Gasteiger partial charge in [-0.25, -0.2) is 0 Å². The topological polar surface area (TPSA) is 0 Å². The van der Waals surface area contributed by atoms with Crippen molar-refractivity contribution >= 4 is 31.9 Å². The zero-order valence-electron chi connectivity index (χ0n) is 16.1. The molecule has 4 aromatic rings. The Labute approximate surface area is 193 Å². The number of hydrogen-bond donors (Lipinski definition) is 0. The summed E-state index contributed by atoms with van der Waals surface area (Å²) >= 11 is 8.37. The molecule has 0 amide bonds. The van der Waals surface area contributed by atoms with E-state index in [0.717, 1.165) is 0 Å². The summed E-state index contributed by atoms with van der Waals surface area (Å²) in [5, 5.41) is 0. The fourth-order valence-electron chi connectivity index (χ4n) is 6.46. The van der Waals surface area contributed by atoms with Crippen LogP contribution in [0.3, 0.4) is 0 Å². The van der Waals surface area contributed by atoms with Crippen LogP contribution in [-0.2, 0) is 4.32 Å². The van der Waals surface area contributed by atoms with Crippen molar-refractivity contribution in [1.82, 2.24) is 0 Å². The third-order valence-corrected chi connectivity index (χ3v) is 9.46. The molecule has 6 aliphatic rings. The van der Waals surface area contributed by atoms with Gasteiger partial charge in [0.25, 0.3) is 0 Å². The molecule has 0 spiro atoms. The number of benzene rings is 4. The van der Waals surface area contributed by atoms with Crippen LogP contribution in [0.4, 0.5) is 0 Å². The predicted octanol–water partition coefficient (Wildman–Crippen LogP) is 7.82. The van der Waals surface area contributed by atoms with Gasteiger partial charge < -0.3 is 0 Å². The summed E-state index contributed by atoms with van der Waals surface area (Å²) in [5.74, 6) is 0.808. The summed E-state index contributed by atoms with van der Waals surface area (Å²) < 4.78 is 0.905. The fraction of sp³-hybridized carbons (Fsp3) is 0.143. The third kappa shape index (κ3) is 1.93. The number of hydrogen-bond acceptors (Lipinski definition) is 0. The van der Waals surface area contributed by atoms with Crippen molar-refractivity contribution < 1.29 is 0 Å². The summed E-state index contributed by atoms with van der Waals surface area (Å²) in [6, 6.07) is 34.1. The summed E-state index contributed by atoms with van der Waals surface area (Å²) in [7, 11) is 0. The molecular formula is C28H18Br2. The first-order valence-corrected chi connectivity index (χ1v) is 12.0. The lowest BCUT2D eigenvalue weighted by Crippen LogP contribution is -2.43. The van der Waals surface area contributed by atoms with Gasteiger partial charge in [0.05, 0.1) is 4.32 Å². The molecule has 0 fully saturated rings. The standard InChI is InChI=1S/C28H18Br2/c29-23-15-7-14-22-26(23)25-20-12-5-6-13-21(20)28(22,30)27-18-10-3-1-8-16(18)24(25)17-9-2-4-11-19(17)27/h1-15,24-25,27H. The van der Waals surface area contributed by atoms with Gasteiger partial charge in [0.15, 0.2) is 0 Å². The molecule has 0 N–H and O–H groups in total. The lowest BCUT2D eigenvalue weighted by molar-refractivity contribution is 0.507. The van der Waals surface area contributed by atoms with Crippen LogP contribution in [-0.4, -0.2) is 0 Å². The minimum absolute atomic E-state index is 0.219. The van der Waals surface area contributed by atoms with E-state index in [0.29, 0.717) is 5.92 Å². The summed E-state index contributed by atoms with van der Waals surface area (Å²) in [6.45, 7) is 0. The van der Waals surface area contributed by atoms with Crippen LogP contribution in [0, 0.1) is 0 Å². The molecule has 0 saturated carbocycles. The van der Waals surface area contributed by atoms with Gasteiger partial charge in [0.1, 0.15) is 0 Å². The molecular weight excluding hydrogens is 496 g/mol. The van der Waals surface area contributed by atoms with Crippen LogP contribution >= 0.6 is 31.9 Å². The second kappa shape index (κ2) is 5.96. The maximum Gasteiger partial charge on any atom is 0.0869 e. The highest BCUT2D eigenvalue weighted by Gasteiger charge is 2.56. The average molecular weight is 514 g/mol. The van der Waals surface area contributed by atoms with Crippen molar-refractivity contribution in [2.45, 2.75) is 22.1 Å². The molecule has 0 aromatic heterocycles. The zero-order valence-corrected chi connectivity index (χ0v) is 19.3. The molecule has 4 aromatic carbocycles. The molecule has 6 aliphatic carbocycles. The van der Waals surface area contributed by atoms with Gasteiger partial charge in [-0.2, -0.15) is 0 Å². The molecule has 2 unspecified atom stereocenters. The SMILES string of the molecule is Brc1cccc2c1C1c3ccccc3C2(Br)C2c3ccccc3C1c1ccccc12. The predicted molar refractivity (Wildman–Crippen MR) is 129 cm³/mol. The highest BCUT2D eigenvalue weighted by Crippen LogP contribution is 2.68. The molecule has 0 heterocycles. The Hall–Kier alpha value is -2.16. The Balaban J connectivity index is 1.74. The minimum Gasteiger partial charge on any atom is -0.0738 e. The van der Waals surface area contributed by atoms with Crippen molar-refractivity contribution in [3.05, 3.63) is 140 Å². The van der Waals surface area contributed by atoms with Crippen LogP contribution < -0.4 is 0 Å². The van der Waals surface area contributed by atoms with Crippen molar-refractivity contribution in [3.8, 4) is 0 Å². The smallest absolute Gasteiger partial charge is 0.0738 e. The largest absolute Gasteiger partial charge is 0.0869 e. The van der Waals surface area contributed by atoms with E-state index in [2.05, 4.69) is 123 Å². The van der Waals surface area contributed by atoms with E-state index >= 15 is 0 Å². The normalized spacial score (nSPS) is 26.8. The van der Waals surface area contributed by atoms with E-state index in [4.69, 9.17) is 0 Å². The molecule has 144 valence electrons. The van der Waals surface area contributed by atoms with Gasteiger partial charge in [-0.1, -0.05) is 117 Å². The Morgan fingerprint density at radius 3 is 1.73 bits per heavy atom. The minimum atomic E-state index is -0.309. The summed E-state index contributed by atoms with van der Waals surface area (Å²) in [6.07, 6.45) is 0. The molecule has 0 radical (unpaired) electrons. The van der Waals surface area contributed by atoms with Gasteiger partial charge in [0.2, 0.25) is 0 Å². The van der Waals surface area contributed by atoms with Gasteiger partial charge >= 0.3 is 0 Å². The molecule has 4 bridgehead atoms. The average Bonchev–Trinajstić information content (AvgIpc) is 2.77. The summed E-state index contributed by atoms with van der Waals surface area (Å²) in [4.78, 5) is 0. The van der Waals surface area contributed by atoms with Crippen LogP contribution in [0.25, 0.3) is 0 Å². The summed E-state index contributed by atoms with van der Waals surface area (Å²) in [5.41, 5.74) is 11.6. The Morgan fingerprint density at radius 1 is 0.533 bits per heavy atom. The van der Waals surface area contributed by atoms with E-state index in [1.54, 1.807) is 0 Å². The number of rotatable bonds is 0. The van der Waals surface area contributed by atoms with Crippen molar-refractivity contribution in [2.24, 2.45) is 0 Å². The molecule has 0 saturated heterocycles. The number of alkyl halides is 1. The Kier molecular flexibility index (Phi) is 3.48. The highest BCUT2D eigenvalue weighted by atomic mass is 79.9. The first-order chi connectivity index (χ1) is 14.7. The monoisotopic (exact) mass is 512 g/mol. The molecule has 30 heavy (non-hydrogen) atoms. The Bertz CT molecular complexity index is 1310. The van der Waals surface area contributed by atoms with Crippen LogP contribution in [0.5, 0.6) is 0 Å². The second-order valence-electron chi connectivity index (χ2n) is 8.65. The van der Waals surface area contributed by atoms with E-state index in [9.17, 15) is 0 Å². The van der Waals surface area contributed by atoms with E-state index in [1.165, 1.54) is 49.0 Å². The van der Waals surface area contributed by atoms with Crippen LogP contribution in [0.15, 0.2) is 95.5 Å². The van der Waals surface area contributed by atoms with Crippen molar-refractivity contribution in [1.29, 1.82) is 0 Å². The number of halogens is 2. The highest BCUT2D eigenvalue weighted by molar-refractivity contribution is 9.10. The van der Waals surface area contributed by atoms with Crippen LogP contribution in [0.2, 0.25) is 0 Å². The van der Waals surface area contributed by atoms with E-state index in [-0.39, 0.29) is 16.2 Å². The molecule has 2 heteroatoms. The molecule has 10 rings (SSSR count). The van der Waals surface area contributed by atoms with Crippen LogP contribution in [0.1, 0.15) is 62.3 Å². The lowest BCUT2D eigenvalue weighted by Gasteiger charge is -2.54. The molecule has 0 nitrogen and oxygen atoms in total. The maximum absolute atomic E-state index is 4.42. The molecule has 2 atom stereocenters. The van der Waals surface area contributed by atoms with Gasteiger partial charge in [0, 0.05) is 22.2 Å².